The summed E-state index contributed by atoms with van der Waals surface area (Å²) in [6.45, 7) is 5.31. The molecule has 0 aliphatic heterocycles. The second-order valence-electron chi connectivity index (χ2n) is 5.08. The normalized spacial score (nSPS) is 15.5. The topological polar surface area (TPSA) is 24.0 Å². The lowest BCUT2D eigenvalue weighted by molar-refractivity contribution is 0.267. The van der Waals surface area contributed by atoms with Gasteiger partial charge in [0.25, 0.3) is 0 Å². The molecule has 0 atom stereocenters. The molecule has 1 fully saturated rings. The minimum atomic E-state index is 0.733. The molecule has 0 bridgehead atoms. The van der Waals surface area contributed by atoms with Crippen molar-refractivity contribution in [2.75, 3.05) is 13.1 Å². The number of fused-ring (bicyclic) bond motifs is 1. The predicted molar refractivity (Wildman–Crippen MR) is 82.4 cm³/mol. The summed E-state index contributed by atoms with van der Waals surface area (Å²) in [7, 11) is 0. The molecule has 3 rings (SSSR count). The van der Waals surface area contributed by atoms with E-state index in [0.717, 1.165) is 46.5 Å². The highest BCUT2D eigenvalue weighted by Gasteiger charge is 2.27. The van der Waals surface area contributed by atoms with Gasteiger partial charge in [-0.25, -0.2) is 0 Å². The Kier molecular flexibility index (Phi) is 3.65. The van der Waals surface area contributed by atoms with E-state index in [4.69, 9.17) is 23.8 Å². The first-order chi connectivity index (χ1) is 9.20. The van der Waals surface area contributed by atoms with Crippen molar-refractivity contribution >= 4 is 34.9 Å². The Morgan fingerprint density at radius 3 is 2.95 bits per heavy atom. The minimum absolute atomic E-state index is 0.733. The van der Waals surface area contributed by atoms with Gasteiger partial charge in [-0.15, -0.1) is 0 Å². The number of para-hydroxylation sites is 1. The summed E-state index contributed by atoms with van der Waals surface area (Å²) >= 11 is 11.6. The number of likely N-dealkylation sites (N-methyl/N-ethyl adjacent to an activating group) is 1. The van der Waals surface area contributed by atoms with Gasteiger partial charge in [-0.2, -0.15) is 0 Å². The largest absolute Gasteiger partial charge is 0.329 e. The lowest BCUT2D eigenvalue weighted by Gasteiger charge is -2.20. The molecule has 5 heteroatoms. The molecule has 19 heavy (non-hydrogen) atoms. The van der Waals surface area contributed by atoms with Crippen molar-refractivity contribution < 1.29 is 0 Å². The average Bonchev–Trinajstić information content (AvgIpc) is 3.17. The number of hydrogen-bond acceptors (Lipinski definition) is 2. The first kappa shape index (κ1) is 13.2. The number of H-pyrrole nitrogens is 1. The Hall–Kier alpha value is -0.840. The van der Waals surface area contributed by atoms with Crippen LogP contribution in [0.4, 0.5) is 0 Å². The first-order valence-corrected chi connectivity index (χ1v) is 7.60. The van der Waals surface area contributed by atoms with Crippen LogP contribution < -0.4 is 0 Å². The molecule has 1 aromatic carbocycles. The molecule has 102 valence electrons. The van der Waals surface area contributed by atoms with Gasteiger partial charge in [-0.3, -0.25) is 4.90 Å². The summed E-state index contributed by atoms with van der Waals surface area (Å²) in [6.07, 6.45) is 2.69. The molecule has 0 saturated heterocycles. The maximum Gasteiger partial charge on any atom is 0.178 e. The Bertz CT molecular complexity index is 642. The summed E-state index contributed by atoms with van der Waals surface area (Å²) in [5, 5.41) is 0.733. The van der Waals surface area contributed by atoms with Gasteiger partial charge in [0, 0.05) is 19.1 Å². The third-order valence-electron chi connectivity index (χ3n) is 3.84. The van der Waals surface area contributed by atoms with Crippen LogP contribution in [0.2, 0.25) is 5.02 Å². The number of halogens is 1. The predicted octanol–water partition coefficient (Wildman–Crippen LogP) is 3.84. The number of nitrogens with zero attached hydrogens (tertiary/aromatic N) is 2. The standard InChI is InChI=1S/C14H18ClN3S/c1-2-17(10-6-7-10)8-9-18-12-5-3-4-11(15)13(12)16-14(18)19/h3-5,10H,2,6-9H2,1H3,(H,16,19). The van der Waals surface area contributed by atoms with Crippen molar-refractivity contribution in [2.45, 2.75) is 32.4 Å². The van der Waals surface area contributed by atoms with E-state index < -0.39 is 0 Å². The third-order valence-corrected chi connectivity index (χ3v) is 4.48. The molecule has 2 aromatic rings. The third kappa shape index (κ3) is 2.57. The van der Waals surface area contributed by atoms with Crippen LogP contribution in [0.25, 0.3) is 11.0 Å². The van der Waals surface area contributed by atoms with Crippen molar-refractivity contribution in [3.05, 3.63) is 28.0 Å². The lowest BCUT2D eigenvalue weighted by atomic mass is 10.3. The van der Waals surface area contributed by atoms with Gasteiger partial charge in [-0.1, -0.05) is 24.6 Å². The molecule has 1 saturated carbocycles. The van der Waals surface area contributed by atoms with Gasteiger partial charge >= 0.3 is 0 Å². The molecule has 1 heterocycles. The molecule has 0 radical (unpaired) electrons. The zero-order valence-electron chi connectivity index (χ0n) is 11.0. The number of benzene rings is 1. The second kappa shape index (κ2) is 5.27. The van der Waals surface area contributed by atoms with Crippen LogP contribution in [0, 0.1) is 4.77 Å². The number of aromatic nitrogens is 2. The fourth-order valence-corrected chi connectivity index (χ4v) is 3.14. The van der Waals surface area contributed by atoms with Crippen LogP contribution in [0.15, 0.2) is 18.2 Å². The van der Waals surface area contributed by atoms with Crippen molar-refractivity contribution in [3.63, 3.8) is 0 Å². The van der Waals surface area contributed by atoms with Gasteiger partial charge in [0.05, 0.1) is 16.1 Å². The summed E-state index contributed by atoms with van der Waals surface area (Å²) in [5.74, 6) is 0. The van der Waals surface area contributed by atoms with Crippen LogP contribution in [-0.2, 0) is 6.54 Å². The Morgan fingerprint density at radius 1 is 1.47 bits per heavy atom. The van der Waals surface area contributed by atoms with Gasteiger partial charge in [0.15, 0.2) is 4.77 Å². The fourth-order valence-electron chi connectivity index (χ4n) is 2.63. The molecule has 3 nitrogen and oxygen atoms in total. The molecule has 1 aliphatic carbocycles. The van der Waals surface area contributed by atoms with Crippen LogP contribution in [0.5, 0.6) is 0 Å². The molecule has 0 unspecified atom stereocenters. The van der Waals surface area contributed by atoms with E-state index in [-0.39, 0.29) is 0 Å². The number of rotatable bonds is 5. The van der Waals surface area contributed by atoms with Crippen LogP contribution >= 0.6 is 23.8 Å². The van der Waals surface area contributed by atoms with Gasteiger partial charge in [-0.05, 0) is 43.7 Å². The molecule has 1 N–H and O–H groups in total. The number of hydrogen-bond donors (Lipinski definition) is 1. The van der Waals surface area contributed by atoms with Crippen molar-refractivity contribution in [1.82, 2.24) is 14.5 Å². The number of nitrogens with one attached hydrogen (secondary N) is 1. The maximum atomic E-state index is 6.19. The fraction of sp³-hybridized carbons (Fsp3) is 0.500. The van der Waals surface area contributed by atoms with Crippen molar-refractivity contribution in [1.29, 1.82) is 0 Å². The summed E-state index contributed by atoms with van der Waals surface area (Å²) in [4.78, 5) is 5.74. The van der Waals surface area contributed by atoms with Crippen LogP contribution in [-0.4, -0.2) is 33.6 Å². The van der Waals surface area contributed by atoms with E-state index in [1.807, 2.05) is 12.1 Å². The maximum absolute atomic E-state index is 6.19. The van der Waals surface area contributed by atoms with E-state index >= 15 is 0 Å². The number of imidazole rings is 1. The van der Waals surface area contributed by atoms with Crippen molar-refractivity contribution in [3.8, 4) is 0 Å². The van der Waals surface area contributed by atoms with Crippen LogP contribution in [0.3, 0.4) is 0 Å². The Morgan fingerprint density at radius 2 is 2.26 bits per heavy atom. The second-order valence-corrected chi connectivity index (χ2v) is 5.87. The lowest BCUT2D eigenvalue weighted by Crippen LogP contribution is -2.29. The Balaban J connectivity index is 1.86. The Labute approximate surface area is 123 Å². The van der Waals surface area contributed by atoms with E-state index in [1.54, 1.807) is 0 Å². The molecule has 0 spiro atoms. The van der Waals surface area contributed by atoms with E-state index in [1.165, 1.54) is 12.8 Å². The molecular formula is C14H18ClN3S. The minimum Gasteiger partial charge on any atom is -0.329 e. The quantitative estimate of drug-likeness (QED) is 0.848. The molecule has 1 aromatic heterocycles. The monoisotopic (exact) mass is 295 g/mol. The smallest absolute Gasteiger partial charge is 0.178 e. The summed E-state index contributed by atoms with van der Waals surface area (Å²) in [6, 6.07) is 6.73. The van der Waals surface area contributed by atoms with E-state index in [2.05, 4.69) is 27.4 Å². The summed E-state index contributed by atoms with van der Waals surface area (Å²) < 4.78 is 2.91. The highest BCUT2D eigenvalue weighted by Crippen LogP contribution is 2.27. The van der Waals surface area contributed by atoms with Gasteiger partial charge in [0.2, 0.25) is 0 Å². The van der Waals surface area contributed by atoms with Crippen LogP contribution in [0.1, 0.15) is 19.8 Å². The molecular weight excluding hydrogens is 278 g/mol. The average molecular weight is 296 g/mol. The number of aromatic amines is 1. The molecule has 0 amide bonds. The van der Waals surface area contributed by atoms with Gasteiger partial charge in [0.1, 0.15) is 0 Å². The summed E-state index contributed by atoms with van der Waals surface area (Å²) in [5.41, 5.74) is 2.05. The highest BCUT2D eigenvalue weighted by atomic mass is 35.5. The van der Waals surface area contributed by atoms with Crippen molar-refractivity contribution in [2.24, 2.45) is 0 Å². The van der Waals surface area contributed by atoms with Gasteiger partial charge < -0.3 is 9.55 Å². The highest BCUT2D eigenvalue weighted by molar-refractivity contribution is 7.71. The molecule has 1 aliphatic rings. The van der Waals surface area contributed by atoms with E-state index in [0.29, 0.717) is 0 Å². The SMILES string of the molecule is CCN(CCn1c(=S)[nH]c2c(Cl)cccc21)C1CC1. The zero-order valence-corrected chi connectivity index (χ0v) is 12.6. The van der Waals surface area contributed by atoms with E-state index in [9.17, 15) is 0 Å². The zero-order chi connectivity index (χ0) is 13.4. The first-order valence-electron chi connectivity index (χ1n) is 6.81.